The molecule has 1 unspecified atom stereocenters. The average Bonchev–Trinajstić information content (AvgIpc) is 3.23. The van der Waals surface area contributed by atoms with Crippen molar-refractivity contribution in [1.29, 1.82) is 0 Å². The summed E-state index contributed by atoms with van der Waals surface area (Å²) < 4.78 is 5.18. The molecule has 1 amide bonds. The number of hydrogen-bond donors (Lipinski definition) is 2. The van der Waals surface area contributed by atoms with Crippen LogP contribution < -0.4 is 5.32 Å². The van der Waals surface area contributed by atoms with Crippen molar-refractivity contribution in [2.24, 2.45) is 0 Å². The third-order valence-electron chi connectivity index (χ3n) is 3.14. The molecule has 0 spiro atoms. The maximum absolute atomic E-state index is 12.2. The predicted molar refractivity (Wildman–Crippen MR) is 82.4 cm³/mol. The van der Waals surface area contributed by atoms with Gasteiger partial charge in [-0.2, -0.15) is 9.90 Å². The molecule has 1 aromatic carbocycles. The van der Waals surface area contributed by atoms with Crippen LogP contribution in [0.5, 0.6) is 0 Å². The molecule has 7 nitrogen and oxygen atoms in total. The van der Waals surface area contributed by atoms with Gasteiger partial charge in [0.1, 0.15) is 11.8 Å². The minimum absolute atomic E-state index is 0.120. The second-order valence-electron chi connectivity index (χ2n) is 4.72. The van der Waals surface area contributed by atoms with E-state index in [0.29, 0.717) is 16.5 Å². The minimum Gasteiger partial charge on any atom is -0.467 e. The number of aliphatic hydroxyl groups is 1. The molecule has 0 aliphatic heterocycles. The lowest BCUT2D eigenvalue weighted by Gasteiger charge is -2.12. The highest BCUT2D eigenvalue weighted by Crippen LogP contribution is 2.15. The topological polar surface area (TPSA) is 93.2 Å². The maximum Gasteiger partial charge on any atom is 0.274 e. The molecular weight excluding hydrogens is 320 g/mol. The fourth-order valence-electron chi connectivity index (χ4n) is 2.02. The Kier molecular flexibility index (Phi) is 4.40. The van der Waals surface area contributed by atoms with Crippen LogP contribution in [0.25, 0.3) is 5.69 Å². The summed E-state index contributed by atoms with van der Waals surface area (Å²) in [5.74, 6) is -0.00295. The number of nitrogens with one attached hydrogen (secondary N) is 1. The smallest absolute Gasteiger partial charge is 0.274 e. The molecular formula is C15H13ClN4O3. The van der Waals surface area contributed by atoms with Crippen LogP contribution in [0.15, 0.2) is 53.3 Å². The van der Waals surface area contributed by atoms with Gasteiger partial charge in [-0.1, -0.05) is 17.7 Å². The van der Waals surface area contributed by atoms with Crippen LogP contribution in [0.2, 0.25) is 5.02 Å². The number of halogens is 1. The highest BCUT2D eigenvalue weighted by molar-refractivity contribution is 6.30. The van der Waals surface area contributed by atoms with Crippen LogP contribution in [0.4, 0.5) is 0 Å². The van der Waals surface area contributed by atoms with Gasteiger partial charge in [0.25, 0.3) is 5.91 Å². The van der Waals surface area contributed by atoms with Gasteiger partial charge in [0.05, 0.1) is 24.8 Å². The lowest BCUT2D eigenvalue weighted by molar-refractivity contribution is 0.0902. The number of aliphatic hydroxyl groups excluding tert-OH is 1. The van der Waals surface area contributed by atoms with Crippen molar-refractivity contribution in [3.63, 3.8) is 0 Å². The Morgan fingerprint density at radius 3 is 2.96 bits per heavy atom. The standard InChI is InChI=1S/C15H13ClN4O3/c16-10-3-1-4-11(7-10)20-17-8-12(19-20)15(22)18-13(9-21)14-5-2-6-23-14/h1-8,13,21H,9H2,(H,18,22). The van der Waals surface area contributed by atoms with E-state index in [2.05, 4.69) is 15.5 Å². The summed E-state index contributed by atoms with van der Waals surface area (Å²) >= 11 is 5.92. The summed E-state index contributed by atoms with van der Waals surface area (Å²) in [7, 11) is 0. The lowest BCUT2D eigenvalue weighted by atomic mass is 10.2. The second-order valence-corrected chi connectivity index (χ2v) is 5.16. The normalized spacial score (nSPS) is 12.1. The molecule has 0 fully saturated rings. The number of nitrogens with zero attached hydrogens (tertiary/aromatic N) is 3. The van der Waals surface area contributed by atoms with Gasteiger partial charge in [-0.15, -0.1) is 5.10 Å². The van der Waals surface area contributed by atoms with Crippen molar-refractivity contribution in [2.45, 2.75) is 6.04 Å². The first-order valence-corrected chi connectivity index (χ1v) is 7.18. The van der Waals surface area contributed by atoms with Gasteiger partial charge in [0.2, 0.25) is 0 Å². The highest BCUT2D eigenvalue weighted by atomic mass is 35.5. The molecule has 8 heteroatoms. The molecule has 3 rings (SSSR count). The number of aromatic nitrogens is 3. The van der Waals surface area contributed by atoms with E-state index >= 15 is 0 Å². The minimum atomic E-state index is -0.645. The van der Waals surface area contributed by atoms with Gasteiger partial charge in [0.15, 0.2) is 5.69 Å². The van der Waals surface area contributed by atoms with Gasteiger partial charge in [-0.25, -0.2) is 0 Å². The van der Waals surface area contributed by atoms with Gasteiger partial charge in [0, 0.05) is 5.02 Å². The number of carbonyl (C=O) groups excluding carboxylic acids is 1. The fourth-order valence-corrected chi connectivity index (χ4v) is 2.21. The molecule has 3 aromatic rings. The first kappa shape index (κ1) is 15.3. The van der Waals surface area contributed by atoms with Crippen molar-refractivity contribution in [3.05, 3.63) is 65.3 Å². The molecule has 0 aliphatic rings. The van der Waals surface area contributed by atoms with Crippen LogP contribution in [0.3, 0.4) is 0 Å². The molecule has 118 valence electrons. The van der Waals surface area contributed by atoms with E-state index < -0.39 is 11.9 Å². The Bertz CT molecular complexity index is 801. The van der Waals surface area contributed by atoms with Crippen molar-refractivity contribution in [1.82, 2.24) is 20.3 Å². The summed E-state index contributed by atoms with van der Waals surface area (Å²) in [5, 5.41) is 20.7. The number of rotatable bonds is 5. The molecule has 0 radical (unpaired) electrons. The number of benzene rings is 1. The molecule has 0 aliphatic carbocycles. The van der Waals surface area contributed by atoms with Crippen LogP contribution in [0.1, 0.15) is 22.3 Å². The Balaban J connectivity index is 1.76. The van der Waals surface area contributed by atoms with Crippen LogP contribution >= 0.6 is 11.6 Å². The van der Waals surface area contributed by atoms with E-state index in [-0.39, 0.29) is 12.3 Å². The van der Waals surface area contributed by atoms with E-state index in [4.69, 9.17) is 16.0 Å². The Morgan fingerprint density at radius 1 is 1.39 bits per heavy atom. The molecule has 23 heavy (non-hydrogen) atoms. The average molecular weight is 333 g/mol. The fraction of sp³-hybridized carbons (Fsp3) is 0.133. The SMILES string of the molecule is O=C(NC(CO)c1ccco1)c1cnn(-c2cccc(Cl)c2)n1. The summed E-state index contributed by atoms with van der Waals surface area (Å²) in [6.45, 7) is -0.290. The summed E-state index contributed by atoms with van der Waals surface area (Å²) in [5.41, 5.74) is 0.760. The molecule has 0 saturated carbocycles. The number of furan rings is 1. The molecule has 0 saturated heterocycles. The summed E-state index contributed by atoms with van der Waals surface area (Å²) in [6, 6.07) is 9.66. The van der Waals surface area contributed by atoms with Crippen molar-refractivity contribution < 1.29 is 14.3 Å². The van der Waals surface area contributed by atoms with Crippen LogP contribution in [0, 0.1) is 0 Å². The molecule has 2 N–H and O–H groups in total. The Labute approximate surface area is 136 Å². The quantitative estimate of drug-likeness (QED) is 0.745. The molecule has 1 atom stereocenters. The lowest BCUT2D eigenvalue weighted by Crippen LogP contribution is -2.30. The molecule has 2 heterocycles. The predicted octanol–water partition coefficient (Wildman–Crippen LogP) is 1.98. The van der Waals surface area contributed by atoms with Gasteiger partial charge >= 0.3 is 0 Å². The summed E-state index contributed by atoms with van der Waals surface area (Å²) in [4.78, 5) is 13.5. The van der Waals surface area contributed by atoms with Crippen molar-refractivity contribution >= 4 is 17.5 Å². The van der Waals surface area contributed by atoms with E-state index in [1.54, 1.807) is 36.4 Å². The summed E-state index contributed by atoms with van der Waals surface area (Å²) in [6.07, 6.45) is 2.81. The second kappa shape index (κ2) is 6.64. The third-order valence-corrected chi connectivity index (χ3v) is 3.37. The van der Waals surface area contributed by atoms with Crippen LogP contribution in [-0.4, -0.2) is 32.6 Å². The largest absolute Gasteiger partial charge is 0.467 e. The van der Waals surface area contributed by atoms with Gasteiger partial charge in [-0.05, 0) is 30.3 Å². The monoisotopic (exact) mass is 332 g/mol. The number of hydrogen-bond acceptors (Lipinski definition) is 5. The zero-order chi connectivity index (χ0) is 16.2. The maximum atomic E-state index is 12.2. The first-order valence-electron chi connectivity index (χ1n) is 6.81. The molecule has 2 aromatic heterocycles. The van der Waals surface area contributed by atoms with Crippen molar-refractivity contribution in [3.8, 4) is 5.69 Å². The van der Waals surface area contributed by atoms with Gasteiger partial charge < -0.3 is 14.8 Å². The van der Waals surface area contributed by atoms with E-state index in [9.17, 15) is 9.90 Å². The van der Waals surface area contributed by atoms with E-state index in [1.807, 2.05) is 0 Å². The third kappa shape index (κ3) is 3.41. The number of carbonyl (C=O) groups is 1. The first-order chi connectivity index (χ1) is 11.2. The van der Waals surface area contributed by atoms with Gasteiger partial charge in [-0.3, -0.25) is 4.79 Å². The zero-order valence-electron chi connectivity index (χ0n) is 11.9. The Morgan fingerprint density at radius 2 is 2.26 bits per heavy atom. The Hall–Kier alpha value is -2.64. The zero-order valence-corrected chi connectivity index (χ0v) is 12.6. The van der Waals surface area contributed by atoms with Crippen LogP contribution in [-0.2, 0) is 0 Å². The van der Waals surface area contributed by atoms with Crippen molar-refractivity contribution in [2.75, 3.05) is 6.61 Å². The number of amides is 1. The highest BCUT2D eigenvalue weighted by Gasteiger charge is 2.19. The van der Waals surface area contributed by atoms with E-state index in [1.165, 1.54) is 17.3 Å². The van der Waals surface area contributed by atoms with E-state index in [0.717, 1.165) is 0 Å². The molecule has 0 bridgehead atoms.